The number of nitrogen functional groups attached to an aromatic ring is 1. The number of anilines is 1. The number of para-hydroxylation sites is 1. The van der Waals surface area contributed by atoms with Crippen molar-refractivity contribution in [3.05, 3.63) is 42.5 Å². The second kappa shape index (κ2) is 5.16. The average Bonchev–Trinajstić information content (AvgIpc) is 2.99. The first kappa shape index (κ1) is 13.0. The number of aromatic hydroxyl groups is 1. The third-order valence-corrected chi connectivity index (χ3v) is 3.05. The van der Waals surface area contributed by atoms with Crippen molar-refractivity contribution in [3.8, 4) is 34.3 Å². The van der Waals surface area contributed by atoms with Crippen molar-refractivity contribution >= 4 is 5.69 Å². The van der Waals surface area contributed by atoms with Crippen LogP contribution in [0.3, 0.4) is 0 Å². The molecular weight excluding hydrogens is 270 g/mol. The molecule has 0 spiro atoms. The van der Waals surface area contributed by atoms with E-state index in [2.05, 4.69) is 10.1 Å². The van der Waals surface area contributed by atoms with Crippen molar-refractivity contribution < 1.29 is 14.4 Å². The minimum Gasteiger partial charge on any atom is -0.506 e. The number of nitrogens with zero attached hydrogens (tertiary/aromatic N) is 2. The predicted molar refractivity (Wildman–Crippen MR) is 77.8 cm³/mol. The third-order valence-electron chi connectivity index (χ3n) is 3.05. The molecule has 6 heteroatoms. The summed E-state index contributed by atoms with van der Waals surface area (Å²) in [5.41, 5.74) is 7.29. The second-order valence-corrected chi connectivity index (χ2v) is 4.40. The largest absolute Gasteiger partial charge is 0.506 e. The highest BCUT2D eigenvalue weighted by molar-refractivity contribution is 5.68. The molecule has 0 saturated heterocycles. The number of rotatable bonds is 3. The molecule has 6 nitrogen and oxygen atoms in total. The fourth-order valence-electron chi connectivity index (χ4n) is 1.97. The van der Waals surface area contributed by atoms with Gasteiger partial charge in [0.05, 0.1) is 18.4 Å². The van der Waals surface area contributed by atoms with Crippen LogP contribution in [-0.2, 0) is 0 Å². The molecule has 3 N–H and O–H groups in total. The van der Waals surface area contributed by atoms with Crippen LogP contribution in [0.4, 0.5) is 5.69 Å². The zero-order chi connectivity index (χ0) is 14.8. The summed E-state index contributed by atoms with van der Waals surface area (Å²) in [6.07, 6.45) is 0. The maximum atomic E-state index is 9.43. The maximum Gasteiger partial charge on any atom is 0.258 e. The molecular formula is C15H13N3O3. The number of phenols is 1. The van der Waals surface area contributed by atoms with E-state index in [1.165, 1.54) is 6.07 Å². The van der Waals surface area contributed by atoms with Crippen molar-refractivity contribution in [3.63, 3.8) is 0 Å². The molecule has 0 bridgehead atoms. The Balaban J connectivity index is 2.01. The Kier molecular flexibility index (Phi) is 3.19. The van der Waals surface area contributed by atoms with E-state index in [9.17, 15) is 5.11 Å². The lowest BCUT2D eigenvalue weighted by molar-refractivity contribution is 0.413. The Bertz CT molecular complexity index is 783. The van der Waals surface area contributed by atoms with E-state index >= 15 is 0 Å². The summed E-state index contributed by atoms with van der Waals surface area (Å²) < 4.78 is 10.5. The van der Waals surface area contributed by atoms with Crippen molar-refractivity contribution in [1.29, 1.82) is 0 Å². The number of hydrogen-bond donors (Lipinski definition) is 2. The number of nitrogens with two attached hydrogens (primary N) is 1. The molecule has 0 saturated carbocycles. The molecule has 0 aliphatic rings. The molecule has 2 aromatic carbocycles. The van der Waals surface area contributed by atoms with Crippen LogP contribution in [0.25, 0.3) is 22.8 Å². The molecule has 1 heterocycles. The number of methoxy groups -OCH3 is 1. The van der Waals surface area contributed by atoms with E-state index in [4.69, 9.17) is 15.0 Å². The Morgan fingerprint density at radius 1 is 1.19 bits per heavy atom. The maximum absolute atomic E-state index is 9.43. The molecule has 0 fully saturated rings. The summed E-state index contributed by atoms with van der Waals surface area (Å²) in [5, 5.41) is 13.4. The van der Waals surface area contributed by atoms with Crippen LogP contribution in [0.2, 0.25) is 0 Å². The van der Waals surface area contributed by atoms with Gasteiger partial charge in [0.25, 0.3) is 5.89 Å². The van der Waals surface area contributed by atoms with Gasteiger partial charge in [-0.05, 0) is 30.3 Å². The molecule has 0 radical (unpaired) electrons. The molecule has 0 aliphatic heterocycles. The lowest BCUT2D eigenvalue weighted by Gasteiger charge is -2.03. The zero-order valence-corrected chi connectivity index (χ0v) is 11.3. The standard InChI is InChI=1S/C15H13N3O3/c1-20-13-5-3-2-4-10(13)14-17-15(21-18-14)9-6-7-12(19)11(16)8-9/h2-8,19H,16H2,1H3. The van der Waals surface area contributed by atoms with Crippen LogP contribution in [0.1, 0.15) is 0 Å². The monoisotopic (exact) mass is 283 g/mol. The van der Waals surface area contributed by atoms with Gasteiger partial charge in [0.2, 0.25) is 5.82 Å². The Morgan fingerprint density at radius 2 is 2.00 bits per heavy atom. The molecule has 0 aliphatic carbocycles. The molecule has 106 valence electrons. The lowest BCUT2D eigenvalue weighted by atomic mass is 10.1. The first-order chi connectivity index (χ1) is 10.2. The molecule has 0 amide bonds. The molecule has 3 rings (SSSR count). The van der Waals surface area contributed by atoms with Crippen LogP contribution >= 0.6 is 0 Å². The van der Waals surface area contributed by atoms with Gasteiger partial charge in [0, 0.05) is 5.56 Å². The Hall–Kier alpha value is -3.02. The van der Waals surface area contributed by atoms with Crippen LogP contribution in [0, 0.1) is 0 Å². The van der Waals surface area contributed by atoms with E-state index < -0.39 is 0 Å². The zero-order valence-electron chi connectivity index (χ0n) is 11.3. The first-order valence-electron chi connectivity index (χ1n) is 6.25. The minimum absolute atomic E-state index is 0.0169. The predicted octanol–water partition coefficient (Wildman–Crippen LogP) is 2.70. The van der Waals surface area contributed by atoms with Gasteiger partial charge in [-0.2, -0.15) is 4.98 Å². The fraction of sp³-hybridized carbons (Fsp3) is 0.0667. The summed E-state index contributed by atoms with van der Waals surface area (Å²) in [6, 6.07) is 12.1. The van der Waals surface area contributed by atoms with E-state index in [1.807, 2.05) is 24.3 Å². The van der Waals surface area contributed by atoms with Gasteiger partial charge in [-0.25, -0.2) is 0 Å². The number of benzene rings is 2. The summed E-state index contributed by atoms with van der Waals surface area (Å²) >= 11 is 0. The fourth-order valence-corrected chi connectivity index (χ4v) is 1.97. The van der Waals surface area contributed by atoms with E-state index in [1.54, 1.807) is 19.2 Å². The number of aromatic nitrogens is 2. The number of hydrogen-bond acceptors (Lipinski definition) is 6. The van der Waals surface area contributed by atoms with Crippen molar-refractivity contribution in [2.45, 2.75) is 0 Å². The highest BCUT2D eigenvalue weighted by Crippen LogP contribution is 2.31. The number of phenolic OH excluding ortho intramolecular Hbond substituents is 1. The molecule has 0 unspecified atom stereocenters. The van der Waals surface area contributed by atoms with Gasteiger partial charge < -0.3 is 20.1 Å². The summed E-state index contributed by atoms with van der Waals surface area (Å²) in [7, 11) is 1.58. The highest BCUT2D eigenvalue weighted by atomic mass is 16.5. The summed E-state index contributed by atoms with van der Waals surface area (Å²) in [5.74, 6) is 1.43. The van der Waals surface area contributed by atoms with E-state index in [0.717, 1.165) is 5.56 Å². The van der Waals surface area contributed by atoms with Gasteiger partial charge in [0.15, 0.2) is 0 Å². The molecule has 0 atom stereocenters. The lowest BCUT2D eigenvalue weighted by Crippen LogP contribution is -1.89. The van der Waals surface area contributed by atoms with Gasteiger partial charge in [-0.15, -0.1) is 0 Å². The van der Waals surface area contributed by atoms with Crippen molar-refractivity contribution in [2.75, 3.05) is 12.8 Å². The smallest absolute Gasteiger partial charge is 0.258 e. The Labute approximate surface area is 120 Å². The third kappa shape index (κ3) is 2.38. The van der Waals surface area contributed by atoms with E-state index in [0.29, 0.717) is 23.0 Å². The SMILES string of the molecule is COc1ccccc1-c1noc(-c2ccc(O)c(N)c2)n1. The van der Waals surface area contributed by atoms with Crippen LogP contribution in [-0.4, -0.2) is 22.4 Å². The topological polar surface area (TPSA) is 94.4 Å². The van der Waals surface area contributed by atoms with Gasteiger partial charge in [0.1, 0.15) is 11.5 Å². The highest BCUT2D eigenvalue weighted by Gasteiger charge is 2.14. The average molecular weight is 283 g/mol. The van der Waals surface area contributed by atoms with Crippen molar-refractivity contribution in [2.24, 2.45) is 0 Å². The van der Waals surface area contributed by atoms with Crippen LogP contribution in [0.15, 0.2) is 47.0 Å². The number of ether oxygens (including phenoxy) is 1. The molecule has 21 heavy (non-hydrogen) atoms. The normalized spacial score (nSPS) is 10.5. The molecule has 1 aromatic heterocycles. The van der Waals surface area contributed by atoms with Crippen molar-refractivity contribution in [1.82, 2.24) is 10.1 Å². The quantitative estimate of drug-likeness (QED) is 0.567. The second-order valence-electron chi connectivity index (χ2n) is 4.40. The van der Waals surface area contributed by atoms with Crippen LogP contribution in [0.5, 0.6) is 11.5 Å². The van der Waals surface area contributed by atoms with E-state index in [-0.39, 0.29) is 11.4 Å². The van der Waals surface area contributed by atoms with Gasteiger partial charge in [-0.1, -0.05) is 17.3 Å². The Morgan fingerprint density at radius 3 is 2.76 bits per heavy atom. The first-order valence-corrected chi connectivity index (χ1v) is 6.25. The minimum atomic E-state index is 0.0169. The van der Waals surface area contributed by atoms with Gasteiger partial charge in [-0.3, -0.25) is 0 Å². The summed E-state index contributed by atoms with van der Waals surface area (Å²) in [6.45, 7) is 0. The summed E-state index contributed by atoms with van der Waals surface area (Å²) in [4.78, 5) is 4.34. The van der Waals surface area contributed by atoms with Crippen LogP contribution < -0.4 is 10.5 Å². The molecule has 3 aromatic rings. The van der Waals surface area contributed by atoms with Gasteiger partial charge >= 0.3 is 0 Å².